The van der Waals surface area contributed by atoms with E-state index in [9.17, 15) is 8.78 Å². The molecule has 1 rings (SSSR count). The molecule has 0 unspecified atom stereocenters. The maximum atomic E-state index is 13.7. The van der Waals surface area contributed by atoms with E-state index in [0.717, 1.165) is 6.07 Å². The molecule has 0 fully saturated rings. The van der Waals surface area contributed by atoms with Crippen LogP contribution in [0.5, 0.6) is 0 Å². The van der Waals surface area contributed by atoms with E-state index < -0.39 is 11.6 Å². The smallest absolute Gasteiger partial charge is 0.178 e. The number of nitrogens with one attached hydrogen (secondary N) is 1. The van der Waals surface area contributed by atoms with Crippen molar-refractivity contribution in [3.8, 4) is 0 Å². The summed E-state index contributed by atoms with van der Waals surface area (Å²) in [6.07, 6.45) is 0. The zero-order chi connectivity index (χ0) is 13.5. The molecule has 0 aliphatic carbocycles. The van der Waals surface area contributed by atoms with Gasteiger partial charge in [-0.3, -0.25) is 0 Å². The van der Waals surface area contributed by atoms with Crippen molar-refractivity contribution in [3.63, 3.8) is 0 Å². The SMILES string of the molecule is CCOCCN(CC)c1nc(NN)c(F)cc1F. The summed E-state index contributed by atoms with van der Waals surface area (Å²) >= 11 is 0. The van der Waals surface area contributed by atoms with Crippen molar-refractivity contribution in [1.82, 2.24) is 4.98 Å². The van der Waals surface area contributed by atoms with Crippen LogP contribution in [0, 0.1) is 11.6 Å². The van der Waals surface area contributed by atoms with Crippen molar-refractivity contribution in [2.45, 2.75) is 13.8 Å². The number of likely N-dealkylation sites (N-methyl/N-ethyl adjacent to an activating group) is 1. The lowest BCUT2D eigenvalue weighted by molar-refractivity contribution is 0.154. The number of nitrogens with two attached hydrogens (primary N) is 1. The van der Waals surface area contributed by atoms with Gasteiger partial charge in [-0.15, -0.1) is 0 Å². The van der Waals surface area contributed by atoms with E-state index in [1.54, 1.807) is 4.90 Å². The Hall–Kier alpha value is -1.47. The molecule has 0 saturated heterocycles. The second kappa shape index (κ2) is 7.07. The number of hydrogen-bond acceptors (Lipinski definition) is 5. The first kappa shape index (κ1) is 14.6. The number of pyridine rings is 1. The van der Waals surface area contributed by atoms with Gasteiger partial charge in [-0.1, -0.05) is 0 Å². The van der Waals surface area contributed by atoms with E-state index in [-0.39, 0.29) is 11.6 Å². The Morgan fingerprint density at radius 1 is 1.39 bits per heavy atom. The second-order valence-electron chi connectivity index (χ2n) is 3.55. The molecule has 0 aliphatic rings. The van der Waals surface area contributed by atoms with Crippen LogP contribution in [-0.4, -0.2) is 31.3 Å². The summed E-state index contributed by atoms with van der Waals surface area (Å²) in [7, 11) is 0. The summed E-state index contributed by atoms with van der Waals surface area (Å²) in [5, 5.41) is 0. The standard InChI is InChI=1S/C11H18F2N4O/c1-3-17(5-6-18-4-2)11-9(13)7-8(12)10(15-11)16-14/h7H,3-6,14H2,1-2H3,(H,15,16). The van der Waals surface area contributed by atoms with Gasteiger partial charge in [0.25, 0.3) is 0 Å². The predicted molar refractivity (Wildman–Crippen MR) is 66.3 cm³/mol. The molecule has 0 aliphatic heterocycles. The van der Waals surface area contributed by atoms with Gasteiger partial charge < -0.3 is 15.1 Å². The number of ether oxygens (including phenoxy) is 1. The van der Waals surface area contributed by atoms with Gasteiger partial charge in [-0.25, -0.2) is 19.6 Å². The number of aromatic nitrogens is 1. The summed E-state index contributed by atoms with van der Waals surface area (Å²) in [5.41, 5.74) is 2.10. The molecule has 1 aromatic rings. The van der Waals surface area contributed by atoms with Crippen LogP contribution >= 0.6 is 0 Å². The summed E-state index contributed by atoms with van der Waals surface area (Å²) in [5.74, 6) is 3.46. The van der Waals surface area contributed by atoms with E-state index >= 15 is 0 Å². The fraction of sp³-hybridized carbons (Fsp3) is 0.545. The highest BCUT2D eigenvalue weighted by molar-refractivity contribution is 5.48. The molecule has 7 heteroatoms. The van der Waals surface area contributed by atoms with Crippen LogP contribution in [0.1, 0.15) is 13.8 Å². The second-order valence-corrected chi connectivity index (χ2v) is 3.55. The molecule has 0 saturated carbocycles. The fourth-order valence-corrected chi connectivity index (χ4v) is 1.51. The Balaban J connectivity index is 2.90. The van der Waals surface area contributed by atoms with Gasteiger partial charge in [-0.05, 0) is 13.8 Å². The molecule has 1 heterocycles. The van der Waals surface area contributed by atoms with Crippen LogP contribution in [0.15, 0.2) is 6.07 Å². The predicted octanol–water partition coefficient (Wildman–Crippen LogP) is 1.51. The molecule has 0 radical (unpaired) electrons. The van der Waals surface area contributed by atoms with Crippen LogP contribution in [0.2, 0.25) is 0 Å². The van der Waals surface area contributed by atoms with E-state index in [1.165, 1.54) is 0 Å². The van der Waals surface area contributed by atoms with Crippen LogP contribution < -0.4 is 16.2 Å². The lowest BCUT2D eigenvalue weighted by atomic mass is 10.3. The third-order valence-electron chi connectivity index (χ3n) is 2.44. The lowest BCUT2D eigenvalue weighted by Gasteiger charge is -2.22. The Morgan fingerprint density at radius 2 is 2.11 bits per heavy atom. The molecule has 0 atom stereocenters. The highest BCUT2D eigenvalue weighted by atomic mass is 19.1. The zero-order valence-corrected chi connectivity index (χ0v) is 10.5. The van der Waals surface area contributed by atoms with Crippen LogP contribution in [0.3, 0.4) is 0 Å². The Labute approximate surface area is 105 Å². The summed E-state index contributed by atoms with van der Waals surface area (Å²) in [6, 6.07) is 0.765. The first-order valence-corrected chi connectivity index (χ1v) is 5.79. The Kier molecular flexibility index (Phi) is 5.73. The highest BCUT2D eigenvalue weighted by Gasteiger charge is 2.16. The van der Waals surface area contributed by atoms with Crippen molar-refractivity contribution in [2.24, 2.45) is 5.84 Å². The quantitative estimate of drug-likeness (QED) is 0.442. The van der Waals surface area contributed by atoms with Gasteiger partial charge >= 0.3 is 0 Å². The minimum atomic E-state index is -0.820. The molecule has 1 aromatic heterocycles. The number of halogens is 2. The van der Waals surface area contributed by atoms with Gasteiger partial charge in [0.05, 0.1) is 6.61 Å². The zero-order valence-electron chi connectivity index (χ0n) is 10.5. The minimum absolute atomic E-state index is 0.0616. The van der Waals surface area contributed by atoms with E-state index in [1.807, 2.05) is 13.8 Å². The molecular weight excluding hydrogens is 242 g/mol. The number of hydrazine groups is 1. The van der Waals surface area contributed by atoms with Crippen molar-refractivity contribution >= 4 is 11.6 Å². The molecule has 0 bridgehead atoms. The number of nitrogens with zero attached hydrogens (tertiary/aromatic N) is 2. The Morgan fingerprint density at radius 3 is 2.67 bits per heavy atom. The molecule has 18 heavy (non-hydrogen) atoms. The molecule has 0 aromatic carbocycles. The van der Waals surface area contributed by atoms with Crippen molar-refractivity contribution < 1.29 is 13.5 Å². The molecule has 3 N–H and O–H groups in total. The number of nitrogen functional groups attached to an aromatic ring is 1. The monoisotopic (exact) mass is 260 g/mol. The van der Waals surface area contributed by atoms with E-state index in [4.69, 9.17) is 10.6 Å². The van der Waals surface area contributed by atoms with Crippen LogP contribution in [0.4, 0.5) is 20.4 Å². The molecule has 0 spiro atoms. The first-order valence-electron chi connectivity index (χ1n) is 5.79. The number of anilines is 2. The number of rotatable bonds is 7. The summed E-state index contributed by atoms with van der Waals surface area (Å²) in [6.45, 7) is 5.78. The number of hydrogen-bond donors (Lipinski definition) is 2. The molecule has 5 nitrogen and oxygen atoms in total. The minimum Gasteiger partial charge on any atom is -0.380 e. The largest absolute Gasteiger partial charge is 0.380 e. The van der Waals surface area contributed by atoms with Gasteiger partial charge in [0.1, 0.15) is 0 Å². The van der Waals surface area contributed by atoms with E-state index in [0.29, 0.717) is 26.3 Å². The van der Waals surface area contributed by atoms with Gasteiger partial charge in [-0.2, -0.15) is 0 Å². The summed E-state index contributed by atoms with van der Waals surface area (Å²) < 4.78 is 32.1. The molecule has 0 amide bonds. The highest BCUT2D eigenvalue weighted by Crippen LogP contribution is 2.21. The van der Waals surface area contributed by atoms with Crippen LogP contribution in [0.25, 0.3) is 0 Å². The van der Waals surface area contributed by atoms with Gasteiger partial charge in [0, 0.05) is 25.8 Å². The first-order chi connectivity index (χ1) is 8.63. The lowest BCUT2D eigenvalue weighted by Crippen LogP contribution is -2.29. The molecule has 102 valence electrons. The van der Waals surface area contributed by atoms with Gasteiger partial charge in [0.15, 0.2) is 23.3 Å². The van der Waals surface area contributed by atoms with Gasteiger partial charge in [0.2, 0.25) is 0 Å². The van der Waals surface area contributed by atoms with Crippen LogP contribution in [-0.2, 0) is 4.74 Å². The summed E-state index contributed by atoms with van der Waals surface area (Å²) in [4.78, 5) is 5.48. The average Bonchev–Trinajstić information content (AvgIpc) is 2.36. The van der Waals surface area contributed by atoms with E-state index in [2.05, 4.69) is 10.4 Å². The third kappa shape index (κ3) is 3.51. The topological polar surface area (TPSA) is 63.4 Å². The average molecular weight is 260 g/mol. The van der Waals surface area contributed by atoms with Crippen molar-refractivity contribution in [1.29, 1.82) is 0 Å². The van der Waals surface area contributed by atoms with Crippen molar-refractivity contribution in [3.05, 3.63) is 17.7 Å². The maximum Gasteiger partial charge on any atom is 0.178 e. The maximum absolute atomic E-state index is 13.7. The normalized spacial score (nSPS) is 10.5. The Bertz CT molecular complexity index is 390. The van der Waals surface area contributed by atoms with Crippen molar-refractivity contribution in [2.75, 3.05) is 36.6 Å². The third-order valence-corrected chi connectivity index (χ3v) is 2.44. The molecular formula is C11H18F2N4O. The fourth-order valence-electron chi connectivity index (χ4n) is 1.51.